The van der Waals surface area contributed by atoms with E-state index in [-0.39, 0.29) is 28.3 Å². The van der Waals surface area contributed by atoms with Gasteiger partial charge in [-0.25, -0.2) is 12.8 Å². The Morgan fingerprint density at radius 3 is 2.71 bits per heavy atom. The lowest BCUT2D eigenvalue weighted by Gasteiger charge is -2.30. The Labute approximate surface area is 184 Å². The fraction of sp³-hybridized carbons (Fsp3) is 0.286. The summed E-state index contributed by atoms with van der Waals surface area (Å²) >= 11 is 1.17. The fourth-order valence-electron chi connectivity index (χ4n) is 3.45. The minimum Gasteiger partial charge on any atom is -0.320 e. The molecule has 4 rings (SSSR count). The zero-order valence-electron chi connectivity index (χ0n) is 16.8. The number of rotatable bonds is 5. The first kappa shape index (κ1) is 21.5. The van der Waals surface area contributed by atoms with E-state index in [1.54, 1.807) is 0 Å². The first-order chi connectivity index (χ1) is 14.8. The number of nitrogens with one attached hydrogen (secondary N) is 1. The van der Waals surface area contributed by atoms with Crippen LogP contribution in [0.5, 0.6) is 0 Å². The highest BCUT2D eigenvalue weighted by Gasteiger charge is 2.33. The van der Waals surface area contributed by atoms with E-state index in [0.717, 1.165) is 18.1 Å². The van der Waals surface area contributed by atoms with Gasteiger partial charge in [0.05, 0.1) is 4.90 Å². The second kappa shape index (κ2) is 8.81. The van der Waals surface area contributed by atoms with Crippen LogP contribution in [-0.4, -0.2) is 41.9 Å². The van der Waals surface area contributed by atoms with Crippen molar-refractivity contribution in [2.75, 3.05) is 18.4 Å². The van der Waals surface area contributed by atoms with Crippen LogP contribution in [0, 0.1) is 12.7 Å². The summed E-state index contributed by atoms with van der Waals surface area (Å²) in [6.07, 6.45) is 1.38. The largest absolute Gasteiger partial charge is 0.320 e. The smallest absolute Gasteiger partial charge is 0.286 e. The van der Waals surface area contributed by atoms with Gasteiger partial charge in [0.15, 0.2) is 0 Å². The van der Waals surface area contributed by atoms with Gasteiger partial charge in [-0.15, -0.1) is 10.2 Å². The summed E-state index contributed by atoms with van der Waals surface area (Å²) in [5, 5.41) is 11.8. The van der Waals surface area contributed by atoms with Crippen molar-refractivity contribution >= 4 is 33.0 Å². The standard InChI is InChI=1S/C21H21FN4O3S2/c1-14-7-9-17(10-8-14)23-19(27)21-25-24-20(30-21)15-4-3-11-26(13-15)31(28,29)18-6-2-5-16(22)12-18/h2,5-10,12,15H,3-4,11,13H2,1H3,(H,23,27)/t15-/m1/s1. The molecular formula is C21H21FN4O3S2. The van der Waals surface area contributed by atoms with E-state index in [4.69, 9.17) is 0 Å². The van der Waals surface area contributed by atoms with Crippen molar-refractivity contribution in [1.29, 1.82) is 0 Å². The molecule has 1 saturated heterocycles. The van der Waals surface area contributed by atoms with E-state index in [9.17, 15) is 17.6 Å². The van der Waals surface area contributed by atoms with Gasteiger partial charge in [0.25, 0.3) is 5.91 Å². The summed E-state index contributed by atoms with van der Waals surface area (Å²) in [7, 11) is -3.81. The lowest BCUT2D eigenvalue weighted by molar-refractivity contribution is 0.102. The normalized spacial score (nSPS) is 17.4. The molecule has 0 aliphatic carbocycles. The summed E-state index contributed by atoms with van der Waals surface area (Å²) in [6, 6.07) is 12.4. The van der Waals surface area contributed by atoms with Crippen LogP contribution in [-0.2, 0) is 10.0 Å². The van der Waals surface area contributed by atoms with Gasteiger partial charge in [-0.3, -0.25) is 4.79 Å². The topological polar surface area (TPSA) is 92.3 Å². The third-order valence-corrected chi connectivity index (χ3v) is 8.06. The van der Waals surface area contributed by atoms with Crippen LogP contribution in [0.1, 0.15) is 39.1 Å². The van der Waals surface area contributed by atoms with Gasteiger partial charge in [-0.1, -0.05) is 35.1 Å². The van der Waals surface area contributed by atoms with Crippen molar-refractivity contribution in [1.82, 2.24) is 14.5 Å². The van der Waals surface area contributed by atoms with E-state index in [2.05, 4.69) is 15.5 Å². The quantitative estimate of drug-likeness (QED) is 0.625. The predicted octanol–water partition coefficient (Wildman–Crippen LogP) is 3.81. The van der Waals surface area contributed by atoms with Crippen LogP contribution in [0.25, 0.3) is 0 Å². The van der Waals surface area contributed by atoms with E-state index in [0.29, 0.717) is 23.7 Å². The molecule has 1 aliphatic rings. The Morgan fingerprint density at radius 2 is 1.97 bits per heavy atom. The molecule has 31 heavy (non-hydrogen) atoms. The Bertz CT molecular complexity index is 1200. The zero-order chi connectivity index (χ0) is 22.0. The first-order valence-electron chi connectivity index (χ1n) is 9.80. The number of hydrogen-bond donors (Lipinski definition) is 1. The van der Waals surface area contributed by atoms with Crippen molar-refractivity contribution < 1.29 is 17.6 Å². The summed E-state index contributed by atoms with van der Waals surface area (Å²) in [5.74, 6) is -1.12. The van der Waals surface area contributed by atoms with Gasteiger partial charge in [0.2, 0.25) is 15.0 Å². The molecule has 1 N–H and O–H groups in total. The SMILES string of the molecule is Cc1ccc(NC(=O)c2nnc([C@@H]3CCCN(S(=O)(=O)c4cccc(F)c4)C3)s2)cc1. The van der Waals surface area contributed by atoms with Crippen molar-refractivity contribution in [3.05, 3.63) is 69.9 Å². The summed E-state index contributed by atoms with van der Waals surface area (Å²) < 4.78 is 40.7. The second-order valence-corrected chi connectivity index (χ2v) is 10.4. The summed E-state index contributed by atoms with van der Waals surface area (Å²) in [4.78, 5) is 12.4. The highest BCUT2D eigenvalue weighted by Crippen LogP contribution is 2.32. The third kappa shape index (κ3) is 4.81. The Hall–Kier alpha value is -2.69. The average Bonchev–Trinajstić information content (AvgIpc) is 3.26. The van der Waals surface area contributed by atoms with E-state index in [1.165, 1.54) is 33.8 Å². The number of sulfonamides is 1. The Kier molecular flexibility index (Phi) is 6.12. The molecule has 1 aliphatic heterocycles. The molecule has 3 aromatic rings. The number of halogens is 1. The van der Waals surface area contributed by atoms with Crippen molar-refractivity contribution in [3.8, 4) is 0 Å². The van der Waals surface area contributed by atoms with Crippen LogP contribution < -0.4 is 5.32 Å². The third-order valence-electron chi connectivity index (χ3n) is 5.11. The number of amides is 1. The maximum atomic E-state index is 13.5. The average molecular weight is 461 g/mol. The van der Waals surface area contributed by atoms with E-state index in [1.807, 2.05) is 31.2 Å². The van der Waals surface area contributed by atoms with E-state index >= 15 is 0 Å². The molecule has 0 saturated carbocycles. The van der Waals surface area contributed by atoms with Gasteiger partial charge in [0.1, 0.15) is 10.8 Å². The Balaban J connectivity index is 1.47. The number of carbonyl (C=O) groups excluding carboxylic acids is 1. The number of nitrogens with zero attached hydrogens (tertiary/aromatic N) is 3. The molecule has 10 heteroatoms. The van der Waals surface area contributed by atoms with E-state index < -0.39 is 15.8 Å². The molecular weight excluding hydrogens is 439 g/mol. The fourth-order valence-corrected chi connectivity index (χ4v) is 5.87. The molecule has 1 aromatic heterocycles. The molecule has 2 aromatic carbocycles. The van der Waals surface area contributed by atoms with Gasteiger partial charge in [-0.05, 0) is 50.1 Å². The number of aromatic nitrogens is 2. The Morgan fingerprint density at radius 1 is 1.19 bits per heavy atom. The van der Waals surface area contributed by atoms with Crippen LogP contribution in [0.15, 0.2) is 53.4 Å². The van der Waals surface area contributed by atoms with Crippen molar-refractivity contribution in [2.24, 2.45) is 0 Å². The first-order valence-corrected chi connectivity index (χ1v) is 12.1. The van der Waals surface area contributed by atoms with Crippen LogP contribution in [0.4, 0.5) is 10.1 Å². The van der Waals surface area contributed by atoms with Gasteiger partial charge >= 0.3 is 0 Å². The molecule has 0 bridgehead atoms. The number of piperidine rings is 1. The minimum atomic E-state index is -3.81. The lowest BCUT2D eigenvalue weighted by atomic mass is 10.0. The van der Waals surface area contributed by atoms with Gasteiger partial charge in [0, 0.05) is 24.7 Å². The zero-order valence-corrected chi connectivity index (χ0v) is 18.4. The maximum absolute atomic E-state index is 13.5. The van der Waals surface area contributed by atoms with Gasteiger partial charge in [-0.2, -0.15) is 4.31 Å². The monoisotopic (exact) mass is 460 g/mol. The molecule has 0 radical (unpaired) electrons. The molecule has 0 unspecified atom stereocenters. The maximum Gasteiger partial charge on any atom is 0.286 e. The van der Waals surface area contributed by atoms with Gasteiger partial charge < -0.3 is 5.32 Å². The number of carbonyl (C=O) groups is 1. The highest BCUT2D eigenvalue weighted by atomic mass is 32.2. The molecule has 162 valence electrons. The number of benzene rings is 2. The summed E-state index contributed by atoms with van der Waals surface area (Å²) in [5.41, 5.74) is 1.75. The van der Waals surface area contributed by atoms with Crippen LogP contribution in [0.3, 0.4) is 0 Å². The highest BCUT2D eigenvalue weighted by molar-refractivity contribution is 7.89. The number of anilines is 1. The second-order valence-electron chi connectivity index (χ2n) is 7.43. The molecule has 1 amide bonds. The van der Waals surface area contributed by atoms with Crippen LogP contribution in [0.2, 0.25) is 0 Å². The summed E-state index contributed by atoms with van der Waals surface area (Å²) in [6.45, 7) is 2.53. The number of hydrogen-bond acceptors (Lipinski definition) is 6. The molecule has 1 atom stereocenters. The minimum absolute atomic E-state index is 0.0661. The lowest BCUT2D eigenvalue weighted by Crippen LogP contribution is -2.39. The number of aryl methyl sites for hydroxylation is 1. The molecule has 0 spiro atoms. The van der Waals surface area contributed by atoms with Crippen molar-refractivity contribution in [2.45, 2.75) is 30.6 Å². The predicted molar refractivity (Wildman–Crippen MR) is 116 cm³/mol. The molecule has 1 fully saturated rings. The molecule has 2 heterocycles. The van der Waals surface area contributed by atoms with Crippen molar-refractivity contribution in [3.63, 3.8) is 0 Å². The van der Waals surface area contributed by atoms with Crippen LogP contribution >= 0.6 is 11.3 Å². The molecule has 7 nitrogen and oxygen atoms in total.